The highest BCUT2D eigenvalue weighted by Crippen LogP contribution is 2.28. The first-order valence-electron chi connectivity index (χ1n) is 14.1. The molecule has 0 bridgehead atoms. The average molecular weight is 589 g/mol. The van der Waals surface area contributed by atoms with Gasteiger partial charge in [-0.1, -0.05) is 19.1 Å². The number of methoxy groups -OCH3 is 1. The molecule has 0 N–H and O–H groups in total. The van der Waals surface area contributed by atoms with Crippen molar-refractivity contribution >= 4 is 27.4 Å². The average Bonchev–Trinajstić information content (AvgIpc) is 3.40. The van der Waals surface area contributed by atoms with Crippen molar-refractivity contribution in [3.8, 4) is 5.75 Å². The van der Waals surface area contributed by atoms with Crippen LogP contribution in [0.2, 0.25) is 0 Å². The molecule has 41 heavy (non-hydrogen) atoms. The SMILES string of the molecule is CC(=O)N(C)Cc1ccc(N2CCC(N(C)C)C2)cc1.CCCC(=O)CN(C)S(=O)(=O)c1c(C)cc(OC)cc1C. The van der Waals surface area contributed by atoms with Gasteiger partial charge in [0.05, 0.1) is 18.6 Å². The molecular weight excluding hydrogens is 540 g/mol. The van der Waals surface area contributed by atoms with Gasteiger partial charge in [0.25, 0.3) is 0 Å². The summed E-state index contributed by atoms with van der Waals surface area (Å²) in [5.74, 6) is 0.642. The number of aryl methyl sites for hydroxylation is 2. The predicted octanol–water partition coefficient (Wildman–Crippen LogP) is 4.11. The number of hydrogen-bond donors (Lipinski definition) is 0. The van der Waals surface area contributed by atoms with Gasteiger partial charge < -0.3 is 19.4 Å². The molecule has 2 aromatic carbocycles. The first-order chi connectivity index (χ1) is 19.2. The molecule has 10 heteroatoms. The fraction of sp³-hybridized carbons (Fsp3) is 0.548. The predicted molar refractivity (Wildman–Crippen MR) is 165 cm³/mol. The van der Waals surface area contributed by atoms with Crippen LogP contribution < -0.4 is 9.64 Å². The number of hydrogen-bond acceptors (Lipinski definition) is 7. The van der Waals surface area contributed by atoms with Crippen LogP contribution in [-0.2, 0) is 26.2 Å². The second kappa shape index (κ2) is 15.3. The smallest absolute Gasteiger partial charge is 0.243 e. The second-order valence-corrected chi connectivity index (χ2v) is 13.0. The number of nitrogens with zero attached hydrogens (tertiary/aromatic N) is 4. The van der Waals surface area contributed by atoms with Gasteiger partial charge in [0.15, 0.2) is 0 Å². The number of carbonyl (C=O) groups excluding carboxylic acids is 2. The van der Waals surface area contributed by atoms with E-state index in [2.05, 4.69) is 48.2 Å². The maximum Gasteiger partial charge on any atom is 0.243 e. The normalized spacial score (nSPS) is 15.1. The lowest BCUT2D eigenvalue weighted by molar-refractivity contribution is -0.128. The van der Waals surface area contributed by atoms with E-state index in [1.165, 1.54) is 31.8 Å². The summed E-state index contributed by atoms with van der Waals surface area (Å²) in [6.07, 6.45) is 2.33. The van der Waals surface area contributed by atoms with Gasteiger partial charge in [-0.05, 0) is 81.7 Å². The molecule has 0 radical (unpaired) electrons. The number of amides is 1. The molecule has 2 aromatic rings. The van der Waals surface area contributed by atoms with Gasteiger partial charge in [-0.3, -0.25) is 9.59 Å². The van der Waals surface area contributed by atoms with Crippen molar-refractivity contribution in [1.82, 2.24) is 14.1 Å². The van der Waals surface area contributed by atoms with Gasteiger partial charge in [-0.15, -0.1) is 0 Å². The van der Waals surface area contributed by atoms with E-state index < -0.39 is 10.0 Å². The van der Waals surface area contributed by atoms with E-state index in [0.29, 0.717) is 42.3 Å². The standard InChI is InChI=1S/C16H25N3O.C15H23NO4S/c1-13(20)18(4)11-14-5-7-15(8-6-14)19-10-9-16(12-19)17(2)3;1-6-7-13(17)10-16(4)21(18,19)15-11(2)8-14(20-5)9-12(15)3/h5-8,16H,9-12H2,1-4H3;8-9H,6-7,10H2,1-5H3. The summed E-state index contributed by atoms with van der Waals surface area (Å²) in [6.45, 7) is 9.74. The highest BCUT2D eigenvalue weighted by Gasteiger charge is 2.27. The van der Waals surface area contributed by atoms with Crippen molar-refractivity contribution in [1.29, 1.82) is 0 Å². The number of anilines is 1. The Morgan fingerprint density at radius 1 is 1.02 bits per heavy atom. The van der Waals surface area contributed by atoms with Crippen molar-refractivity contribution in [2.45, 2.75) is 64.4 Å². The first-order valence-corrected chi connectivity index (χ1v) is 15.5. The quantitative estimate of drug-likeness (QED) is 0.390. The zero-order valence-corrected chi connectivity index (χ0v) is 27.0. The van der Waals surface area contributed by atoms with Crippen LogP contribution in [0.4, 0.5) is 5.69 Å². The Morgan fingerprint density at radius 2 is 1.61 bits per heavy atom. The lowest BCUT2D eigenvalue weighted by Crippen LogP contribution is -2.33. The van der Waals surface area contributed by atoms with Gasteiger partial charge in [0.1, 0.15) is 11.5 Å². The molecule has 1 saturated heterocycles. The lowest BCUT2D eigenvalue weighted by atomic mass is 10.1. The van der Waals surface area contributed by atoms with Crippen molar-refractivity contribution in [2.24, 2.45) is 0 Å². The molecule has 0 saturated carbocycles. The van der Waals surface area contributed by atoms with Gasteiger partial charge in [-0.2, -0.15) is 4.31 Å². The Bertz CT molecular complexity index is 1250. The number of sulfonamides is 1. The number of benzene rings is 2. The van der Waals surface area contributed by atoms with Crippen molar-refractivity contribution in [3.05, 3.63) is 53.1 Å². The van der Waals surface area contributed by atoms with Crippen LogP contribution in [0.25, 0.3) is 0 Å². The molecule has 9 nitrogen and oxygen atoms in total. The van der Waals surface area contributed by atoms with E-state index in [1.807, 2.05) is 14.0 Å². The van der Waals surface area contributed by atoms with Gasteiger partial charge >= 0.3 is 0 Å². The maximum absolute atomic E-state index is 12.6. The highest BCUT2D eigenvalue weighted by molar-refractivity contribution is 7.89. The van der Waals surface area contributed by atoms with Crippen LogP contribution in [0.3, 0.4) is 0 Å². The number of ketones is 1. The molecule has 0 spiro atoms. The molecule has 228 valence electrons. The summed E-state index contributed by atoms with van der Waals surface area (Å²) in [6, 6.07) is 12.6. The molecule has 1 amide bonds. The molecule has 1 heterocycles. The Kier molecular flexibility index (Phi) is 12.8. The molecule has 1 atom stereocenters. The summed E-state index contributed by atoms with van der Waals surface area (Å²) < 4.78 is 31.5. The van der Waals surface area contributed by atoms with Gasteiger partial charge in [0, 0.05) is 58.8 Å². The molecule has 1 unspecified atom stereocenters. The lowest BCUT2D eigenvalue weighted by Gasteiger charge is -2.22. The number of likely N-dealkylation sites (N-methyl/N-ethyl adjacent to an activating group) is 2. The van der Waals surface area contributed by atoms with E-state index in [1.54, 1.807) is 37.8 Å². The van der Waals surface area contributed by atoms with Crippen LogP contribution >= 0.6 is 0 Å². The van der Waals surface area contributed by atoms with Crippen molar-refractivity contribution < 1.29 is 22.7 Å². The Labute approximate surface area is 247 Å². The Hall–Kier alpha value is -2.95. The minimum Gasteiger partial charge on any atom is -0.497 e. The largest absolute Gasteiger partial charge is 0.497 e. The molecular formula is C31H48N4O5S. The minimum absolute atomic E-state index is 0.0765. The molecule has 0 aromatic heterocycles. The van der Waals surface area contributed by atoms with Crippen LogP contribution in [0, 0.1) is 13.8 Å². The highest BCUT2D eigenvalue weighted by atomic mass is 32.2. The van der Waals surface area contributed by atoms with Crippen molar-refractivity contribution in [3.63, 3.8) is 0 Å². The maximum atomic E-state index is 12.6. The Morgan fingerprint density at radius 3 is 2.07 bits per heavy atom. The van der Waals surface area contributed by atoms with Crippen molar-refractivity contribution in [2.75, 3.05) is 59.8 Å². The molecule has 1 aliphatic heterocycles. The summed E-state index contributed by atoms with van der Waals surface area (Å²) in [7, 11) is 5.42. The molecule has 3 rings (SSSR count). The molecule has 1 fully saturated rings. The summed E-state index contributed by atoms with van der Waals surface area (Å²) >= 11 is 0. The van der Waals surface area contributed by atoms with Crippen LogP contribution in [-0.4, -0.2) is 95.2 Å². The van der Waals surface area contributed by atoms with Crippen LogP contribution in [0.15, 0.2) is 41.3 Å². The minimum atomic E-state index is -3.68. The van der Waals surface area contributed by atoms with E-state index in [-0.39, 0.29) is 23.1 Å². The Balaban J connectivity index is 0.000000287. The van der Waals surface area contributed by atoms with E-state index in [4.69, 9.17) is 4.74 Å². The third-order valence-corrected chi connectivity index (χ3v) is 9.53. The van der Waals surface area contributed by atoms with E-state index >= 15 is 0 Å². The zero-order chi connectivity index (χ0) is 30.9. The summed E-state index contributed by atoms with van der Waals surface area (Å²) in [5, 5.41) is 0. The first kappa shape index (κ1) is 34.3. The number of ether oxygens (including phenoxy) is 1. The molecule has 1 aliphatic rings. The van der Waals surface area contributed by atoms with Crippen LogP contribution in [0.1, 0.15) is 49.8 Å². The third-order valence-electron chi connectivity index (χ3n) is 7.42. The fourth-order valence-corrected chi connectivity index (χ4v) is 6.43. The number of carbonyl (C=O) groups is 2. The van der Waals surface area contributed by atoms with Crippen LogP contribution in [0.5, 0.6) is 5.75 Å². The number of rotatable bonds is 11. The topological polar surface area (TPSA) is 90.5 Å². The number of Topliss-reactive ketones (excluding diaryl/α,β-unsaturated/α-hetero) is 1. The van der Waals surface area contributed by atoms with Gasteiger partial charge in [-0.25, -0.2) is 8.42 Å². The van der Waals surface area contributed by atoms with E-state index in [0.717, 1.165) is 17.4 Å². The molecule has 0 aliphatic carbocycles. The summed E-state index contributed by atoms with van der Waals surface area (Å²) in [5.41, 5.74) is 3.68. The summed E-state index contributed by atoms with van der Waals surface area (Å²) in [4.78, 5) is 29.6. The monoisotopic (exact) mass is 588 g/mol. The fourth-order valence-electron chi connectivity index (χ4n) is 4.88. The van der Waals surface area contributed by atoms with Gasteiger partial charge in [0.2, 0.25) is 15.9 Å². The zero-order valence-electron chi connectivity index (χ0n) is 26.2. The second-order valence-electron chi connectivity index (χ2n) is 11.0. The third kappa shape index (κ3) is 9.55. The van der Waals surface area contributed by atoms with E-state index in [9.17, 15) is 18.0 Å².